The topological polar surface area (TPSA) is 97.6 Å². The summed E-state index contributed by atoms with van der Waals surface area (Å²) in [6.07, 6.45) is 4.53. The zero-order valence-corrected chi connectivity index (χ0v) is 15.3. The standard InChI is InChI=1S/C18H20N2O5S/c1-12-3-6-14(25-12)7-10-18(21)19-16-11-15(8-9-17(16)24-2)26(22,23)20-13-4-5-13/h3,6-11,13,20H,4-5H2,1-2H3,(H,19,21)/b10-7+. The van der Waals surface area contributed by atoms with Crippen molar-refractivity contribution in [3.63, 3.8) is 0 Å². The van der Waals surface area contributed by atoms with Crippen molar-refractivity contribution in [1.29, 1.82) is 0 Å². The number of furan rings is 1. The van der Waals surface area contributed by atoms with Gasteiger partial charge in [0.25, 0.3) is 0 Å². The molecule has 0 atom stereocenters. The molecule has 0 unspecified atom stereocenters. The SMILES string of the molecule is COc1ccc(S(=O)(=O)NC2CC2)cc1NC(=O)/C=C/c1ccc(C)o1. The fourth-order valence-electron chi connectivity index (χ4n) is 2.32. The molecule has 8 heteroatoms. The van der Waals surface area contributed by atoms with Crippen molar-refractivity contribution in [3.8, 4) is 5.75 Å². The summed E-state index contributed by atoms with van der Waals surface area (Å²) in [5, 5.41) is 2.64. The van der Waals surface area contributed by atoms with Crippen LogP contribution in [0.25, 0.3) is 6.08 Å². The third kappa shape index (κ3) is 4.53. The third-order valence-corrected chi connectivity index (χ3v) is 5.32. The van der Waals surface area contributed by atoms with Crippen molar-refractivity contribution < 1.29 is 22.4 Å². The Labute approximate surface area is 152 Å². The Morgan fingerprint density at radius 3 is 2.65 bits per heavy atom. The largest absolute Gasteiger partial charge is 0.495 e. The van der Waals surface area contributed by atoms with E-state index in [9.17, 15) is 13.2 Å². The minimum Gasteiger partial charge on any atom is -0.495 e. The first-order chi connectivity index (χ1) is 12.4. The quantitative estimate of drug-likeness (QED) is 0.724. The lowest BCUT2D eigenvalue weighted by molar-refractivity contribution is -0.111. The lowest BCUT2D eigenvalue weighted by atomic mass is 10.3. The first kappa shape index (κ1) is 18.2. The van der Waals surface area contributed by atoms with Crippen molar-refractivity contribution in [2.45, 2.75) is 30.7 Å². The Morgan fingerprint density at radius 1 is 1.27 bits per heavy atom. The van der Waals surface area contributed by atoms with Gasteiger partial charge in [-0.3, -0.25) is 4.79 Å². The van der Waals surface area contributed by atoms with Crippen LogP contribution in [0.1, 0.15) is 24.4 Å². The predicted molar refractivity (Wildman–Crippen MR) is 97.4 cm³/mol. The van der Waals surface area contributed by atoms with Gasteiger partial charge in [-0.25, -0.2) is 13.1 Å². The van der Waals surface area contributed by atoms with Gasteiger partial charge in [-0.05, 0) is 56.2 Å². The Morgan fingerprint density at radius 2 is 2.04 bits per heavy atom. The molecule has 7 nitrogen and oxygen atoms in total. The number of hydrogen-bond acceptors (Lipinski definition) is 5. The van der Waals surface area contributed by atoms with E-state index in [-0.39, 0.29) is 16.6 Å². The summed E-state index contributed by atoms with van der Waals surface area (Å²) in [5.41, 5.74) is 0.274. The van der Waals surface area contributed by atoms with Crippen molar-refractivity contribution in [2.75, 3.05) is 12.4 Å². The van der Waals surface area contributed by atoms with E-state index < -0.39 is 15.9 Å². The molecule has 1 aromatic heterocycles. The molecular weight excluding hydrogens is 356 g/mol. The second kappa shape index (κ2) is 7.35. The van der Waals surface area contributed by atoms with Crippen molar-refractivity contribution >= 4 is 27.7 Å². The summed E-state index contributed by atoms with van der Waals surface area (Å²) in [5.74, 6) is 1.23. The highest BCUT2D eigenvalue weighted by molar-refractivity contribution is 7.89. The molecule has 1 heterocycles. The Kier molecular flexibility index (Phi) is 5.15. The monoisotopic (exact) mass is 376 g/mol. The average molecular weight is 376 g/mol. The van der Waals surface area contributed by atoms with Gasteiger partial charge in [0, 0.05) is 12.1 Å². The molecule has 3 rings (SSSR count). The minimum atomic E-state index is -3.62. The number of nitrogens with one attached hydrogen (secondary N) is 2. The van der Waals surface area contributed by atoms with Crippen LogP contribution in [0.3, 0.4) is 0 Å². The van der Waals surface area contributed by atoms with E-state index in [2.05, 4.69) is 10.0 Å². The molecule has 0 radical (unpaired) electrons. The van der Waals surface area contributed by atoms with Gasteiger partial charge in [0.2, 0.25) is 15.9 Å². The van der Waals surface area contributed by atoms with Crippen LogP contribution in [0.2, 0.25) is 0 Å². The van der Waals surface area contributed by atoms with Crippen LogP contribution in [0.4, 0.5) is 5.69 Å². The van der Waals surface area contributed by atoms with Gasteiger partial charge < -0.3 is 14.5 Å². The number of carbonyl (C=O) groups is 1. The van der Waals surface area contributed by atoms with Crippen LogP contribution in [0.15, 0.2) is 45.7 Å². The highest BCUT2D eigenvalue weighted by Gasteiger charge is 2.28. The molecule has 2 aromatic rings. The Hall–Kier alpha value is -2.58. The highest BCUT2D eigenvalue weighted by atomic mass is 32.2. The Balaban J connectivity index is 1.77. The van der Waals surface area contributed by atoms with Crippen LogP contribution >= 0.6 is 0 Å². The molecule has 1 amide bonds. The summed E-state index contributed by atoms with van der Waals surface area (Å²) in [7, 11) is -2.18. The molecular formula is C18H20N2O5S. The van der Waals surface area contributed by atoms with E-state index in [0.29, 0.717) is 11.5 Å². The fourth-order valence-corrected chi connectivity index (χ4v) is 3.65. The molecule has 26 heavy (non-hydrogen) atoms. The van der Waals surface area contributed by atoms with Gasteiger partial charge >= 0.3 is 0 Å². The Bertz CT molecular complexity index is 942. The van der Waals surface area contributed by atoms with Gasteiger partial charge in [0.1, 0.15) is 17.3 Å². The van der Waals surface area contributed by atoms with Gasteiger partial charge in [-0.2, -0.15) is 0 Å². The maximum absolute atomic E-state index is 12.3. The number of amides is 1. The van der Waals surface area contributed by atoms with Gasteiger partial charge in [-0.1, -0.05) is 0 Å². The molecule has 1 aliphatic rings. The van der Waals surface area contributed by atoms with Crippen molar-refractivity contribution in [2.24, 2.45) is 0 Å². The molecule has 0 aliphatic heterocycles. The number of sulfonamides is 1. The van der Waals surface area contributed by atoms with E-state index in [0.717, 1.165) is 18.6 Å². The maximum atomic E-state index is 12.3. The number of ether oxygens (including phenoxy) is 1. The number of carbonyl (C=O) groups excluding carboxylic acids is 1. The molecule has 0 saturated heterocycles. The normalized spacial score (nSPS) is 14.5. The van der Waals surface area contributed by atoms with Crippen molar-refractivity contribution in [1.82, 2.24) is 4.72 Å². The molecule has 2 N–H and O–H groups in total. The number of rotatable bonds is 7. The predicted octanol–water partition coefficient (Wildman–Crippen LogP) is 2.69. The molecule has 138 valence electrons. The fraction of sp³-hybridized carbons (Fsp3) is 0.278. The van der Waals surface area contributed by atoms with Crippen LogP contribution in [0.5, 0.6) is 5.75 Å². The first-order valence-electron chi connectivity index (χ1n) is 8.13. The number of aryl methyl sites for hydroxylation is 1. The summed E-state index contributed by atoms with van der Waals surface area (Å²) < 4.78 is 37.8. The first-order valence-corrected chi connectivity index (χ1v) is 9.61. The van der Waals surface area contributed by atoms with E-state index in [1.807, 2.05) is 6.92 Å². The van der Waals surface area contributed by atoms with Crippen LogP contribution in [0, 0.1) is 6.92 Å². The third-order valence-electron chi connectivity index (χ3n) is 3.80. The summed E-state index contributed by atoms with van der Waals surface area (Å²) >= 11 is 0. The number of methoxy groups -OCH3 is 1. The number of benzene rings is 1. The summed E-state index contributed by atoms with van der Waals surface area (Å²) in [6.45, 7) is 1.81. The summed E-state index contributed by atoms with van der Waals surface area (Å²) in [4.78, 5) is 12.2. The van der Waals surface area contributed by atoms with Gasteiger partial charge in [-0.15, -0.1) is 0 Å². The molecule has 1 fully saturated rings. The van der Waals surface area contributed by atoms with E-state index >= 15 is 0 Å². The van der Waals surface area contributed by atoms with E-state index in [4.69, 9.17) is 9.15 Å². The smallest absolute Gasteiger partial charge is 0.248 e. The highest BCUT2D eigenvalue weighted by Crippen LogP contribution is 2.29. The molecule has 0 bridgehead atoms. The molecule has 1 aromatic carbocycles. The second-order valence-electron chi connectivity index (χ2n) is 6.03. The van der Waals surface area contributed by atoms with Crippen molar-refractivity contribution in [3.05, 3.63) is 47.9 Å². The minimum absolute atomic E-state index is 0.000159. The van der Waals surface area contributed by atoms with Crippen LogP contribution < -0.4 is 14.8 Å². The zero-order chi connectivity index (χ0) is 18.7. The maximum Gasteiger partial charge on any atom is 0.248 e. The van der Waals surface area contributed by atoms with Crippen LogP contribution in [-0.2, 0) is 14.8 Å². The number of hydrogen-bond donors (Lipinski definition) is 2. The summed E-state index contributed by atoms with van der Waals surface area (Å²) in [6, 6.07) is 7.88. The molecule has 0 spiro atoms. The average Bonchev–Trinajstić information content (AvgIpc) is 3.30. The molecule has 1 aliphatic carbocycles. The van der Waals surface area contributed by atoms with E-state index in [1.165, 1.54) is 37.5 Å². The van der Waals surface area contributed by atoms with E-state index in [1.54, 1.807) is 12.1 Å². The zero-order valence-electron chi connectivity index (χ0n) is 14.5. The lowest BCUT2D eigenvalue weighted by Crippen LogP contribution is -2.25. The second-order valence-corrected chi connectivity index (χ2v) is 7.74. The lowest BCUT2D eigenvalue weighted by Gasteiger charge is -2.12. The van der Waals surface area contributed by atoms with Crippen LogP contribution in [-0.4, -0.2) is 27.5 Å². The van der Waals surface area contributed by atoms with Gasteiger partial charge in [0.15, 0.2) is 0 Å². The molecule has 1 saturated carbocycles. The number of anilines is 1. The van der Waals surface area contributed by atoms with Gasteiger partial charge in [0.05, 0.1) is 17.7 Å².